The summed E-state index contributed by atoms with van der Waals surface area (Å²) in [6, 6.07) is 10.5. The summed E-state index contributed by atoms with van der Waals surface area (Å²) in [5.41, 5.74) is 0.823. The molecule has 0 aromatic heterocycles. The number of hydrogen-bond donors (Lipinski definition) is 1. The van der Waals surface area contributed by atoms with Gasteiger partial charge in [0.1, 0.15) is 5.54 Å². The normalized spacial score (nSPS) is 18.7. The van der Waals surface area contributed by atoms with Crippen molar-refractivity contribution in [3.63, 3.8) is 0 Å². The first-order valence-electron chi connectivity index (χ1n) is 7.32. The molecule has 4 nitrogen and oxygen atoms in total. The fourth-order valence-corrected chi connectivity index (χ4v) is 2.76. The summed E-state index contributed by atoms with van der Waals surface area (Å²) >= 11 is 0. The minimum atomic E-state index is -0.497. The van der Waals surface area contributed by atoms with Gasteiger partial charge < -0.3 is 10.1 Å². The Labute approximate surface area is 121 Å². The minimum absolute atomic E-state index is 0.109. The molecular weight excluding hydrogens is 252 g/mol. The molecule has 0 saturated carbocycles. The maximum absolute atomic E-state index is 12.1. The zero-order chi connectivity index (χ0) is 14.4. The molecule has 0 radical (unpaired) electrons. The van der Waals surface area contributed by atoms with Gasteiger partial charge in [0.2, 0.25) is 0 Å². The largest absolute Gasteiger partial charge is 0.465 e. The van der Waals surface area contributed by atoms with Gasteiger partial charge in [-0.05, 0) is 32.4 Å². The molecule has 110 valence electrons. The molecular formula is C16H24N2O2. The second kappa shape index (κ2) is 6.86. The number of piperidine rings is 1. The zero-order valence-electron chi connectivity index (χ0n) is 12.4. The SMILES string of the molecule is CCOC(=O)C1(NC)CCN(Cc2ccccc2)CC1. The number of likely N-dealkylation sites (tertiary alicyclic amines) is 1. The van der Waals surface area contributed by atoms with Crippen LogP contribution in [-0.2, 0) is 16.1 Å². The lowest BCUT2D eigenvalue weighted by molar-refractivity contribution is -0.153. The first-order valence-corrected chi connectivity index (χ1v) is 7.32. The number of likely N-dealkylation sites (N-methyl/N-ethyl adjacent to an activating group) is 1. The van der Waals surface area contributed by atoms with Crippen molar-refractivity contribution in [1.29, 1.82) is 0 Å². The van der Waals surface area contributed by atoms with Gasteiger partial charge in [-0.3, -0.25) is 9.69 Å². The summed E-state index contributed by atoms with van der Waals surface area (Å²) in [6.45, 7) is 5.06. The van der Waals surface area contributed by atoms with Crippen molar-refractivity contribution in [2.75, 3.05) is 26.7 Å². The molecule has 1 heterocycles. The highest BCUT2D eigenvalue weighted by Crippen LogP contribution is 2.24. The molecule has 1 saturated heterocycles. The number of rotatable bonds is 5. The lowest BCUT2D eigenvalue weighted by Crippen LogP contribution is -2.57. The van der Waals surface area contributed by atoms with Crippen LogP contribution in [0.3, 0.4) is 0 Å². The number of benzene rings is 1. The van der Waals surface area contributed by atoms with Crippen molar-refractivity contribution in [1.82, 2.24) is 10.2 Å². The van der Waals surface area contributed by atoms with E-state index < -0.39 is 5.54 Å². The Bertz CT molecular complexity index is 425. The summed E-state index contributed by atoms with van der Waals surface area (Å²) in [4.78, 5) is 14.5. The molecule has 0 aliphatic carbocycles. The van der Waals surface area contributed by atoms with Crippen LogP contribution in [0.15, 0.2) is 30.3 Å². The van der Waals surface area contributed by atoms with Gasteiger partial charge in [0.25, 0.3) is 0 Å². The van der Waals surface area contributed by atoms with Gasteiger partial charge in [0.05, 0.1) is 6.61 Å². The van der Waals surface area contributed by atoms with Crippen molar-refractivity contribution in [3.05, 3.63) is 35.9 Å². The van der Waals surface area contributed by atoms with Crippen LogP contribution in [0.2, 0.25) is 0 Å². The first kappa shape index (κ1) is 15.0. The Balaban J connectivity index is 1.92. The standard InChI is InChI=1S/C16H24N2O2/c1-3-20-15(19)16(17-2)9-11-18(12-10-16)13-14-7-5-4-6-8-14/h4-8,17H,3,9-13H2,1-2H3. The predicted octanol–water partition coefficient (Wildman–Crippen LogP) is 1.80. The average Bonchev–Trinajstić information content (AvgIpc) is 2.49. The van der Waals surface area contributed by atoms with E-state index in [-0.39, 0.29) is 5.97 Å². The Kier molecular flexibility index (Phi) is 5.15. The Morgan fingerprint density at radius 2 is 1.95 bits per heavy atom. The van der Waals surface area contributed by atoms with Gasteiger partial charge in [-0.1, -0.05) is 30.3 Å². The van der Waals surface area contributed by atoms with E-state index in [9.17, 15) is 4.79 Å². The molecule has 0 amide bonds. The fourth-order valence-electron chi connectivity index (χ4n) is 2.76. The molecule has 1 aliphatic heterocycles. The molecule has 0 unspecified atom stereocenters. The Hall–Kier alpha value is -1.39. The number of hydrogen-bond acceptors (Lipinski definition) is 4. The number of carbonyl (C=O) groups excluding carboxylic acids is 1. The highest BCUT2D eigenvalue weighted by atomic mass is 16.5. The number of carbonyl (C=O) groups is 1. The molecule has 20 heavy (non-hydrogen) atoms. The average molecular weight is 276 g/mol. The van der Waals surface area contributed by atoms with Gasteiger partial charge in [0, 0.05) is 19.6 Å². The summed E-state index contributed by atoms with van der Waals surface area (Å²) < 4.78 is 5.21. The molecule has 1 fully saturated rings. The highest BCUT2D eigenvalue weighted by Gasteiger charge is 2.41. The molecule has 4 heteroatoms. The molecule has 2 rings (SSSR count). The summed E-state index contributed by atoms with van der Waals surface area (Å²) in [5, 5.41) is 3.19. The van der Waals surface area contributed by atoms with Crippen molar-refractivity contribution >= 4 is 5.97 Å². The summed E-state index contributed by atoms with van der Waals surface area (Å²) in [7, 11) is 1.85. The van der Waals surface area contributed by atoms with Crippen LogP contribution in [0.5, 0.6) is 0 Å². The maximum Gasteiger partial charge on any atom is 0.326 e. The van der Waals surface area contributed by atoms with E-state index in [0.29, 0.717) is 6.61 Å². The Morgan fingerprint density at radius 3 is 2.50 bits per heavy atom. The van der Waals surface area contributed by atoms with Gasteiger partial charge in [-0.25, -0.2) is 0 Å². The van der Waals surface area contributed by atoms with Crippen LogP contribution in [0.1, 0.15) is 25.3 Å². The van der Waals surface area contributed by atoms with E-state index in [0.717, 1.165) is 32.5 Å². The number of nitrogens with zero attached hydrogens (tertiary/aromatic N) is 1. The van der Waals surface area contributed by atoms with Crippen molar-refractivity contribution < 1.29 is 9.53 Å². The van der Waals surface area contributed by atoms with Crippen molar-refractivity contribution in [2.24, 2.45) is 0 Å². The molecule has 0 bridgehead atoms. The lowest BCUT2D eigenvalue weighted by Gasteiger charge is -2.39. The van der Waals surface area contributed by atoms with E-state index in [2.05, 4.69) is 34.5 Å². The topological polar surface area (TPSA) is 41.6 Å². The van der Waals surface area contributed by atoms with Crippen LogP contribution in [0.4, 0.5) is 0 Å². The summed E-state index contributed by atoms with van der Waals surface area (Å²) in [5.74, 6) is -0.109. The van der Waals surface area contributed by atoms with Crippen molar-refractivity contribution in [3.8, 4) is 0 Å². The van der Waals surface area contributed by atoms with Crippen LogP contribution < -0.4 is 5.32 Å². The van der Waals surface area contributed by atoms with Gasteiger partial charge in [-0.2, -0.15) is 0 Å². The van der Waals surface area contributed by atoms with Crippen LogP contribution in [0.25, 0.3) is 0 Å². The Morgan fingerprint density at radius 1 is 1.30 bits per heavy atom. The monoisotopic (exact) mass is 276 g/mol. The number of esters is 1. The third kappa shape index (κ3) is 3.38. The van der Waals surface area contributed by atoms with Gasteiger partial charge in [0.15, 0.2) is 0 Å². The molecule has 0 atom stereocenters. The lowest BCUT2D eigenvalue weighted by atomic mass is 9.87. The number of nitrogens with one attached hydrogen (secondary N) is 1. The second-order valence-corrected chi connectivity index (χ2v) is 5.31. The molecule has 1 N–H and O–H groups in total. The zero-order valence-corrected chi connectivity index (χ0v) is 12.4. The highest BCUT2D eigenvalue weighted by molar-refractivity contribution is 5.81. The molecule has 1 aromatic carbocycles. The smallest absolute Gasteiger partial charge is 0.326 e. The minimum Gasteiger partial charge on any atom is -0.465 e. The van der Waals surface area contributed by atoms with Gasteiger partial charge >= 0.3 is 5.97 Å². The van der Waals surface area contributed by atoms with Crippen LogP contribution >= 0.6 is 0 Å². The van der Waals surface area contributed by atoms with Gasteiger partial charge in [-0.15, -0.1) is 0 Å². The third-order valence-corrected chi connectivity index (χ3v) is 4.10. The predicted molar refractivity (Wildman–Crippen MR) is 79.4 cm³/mol. The maximum atomic E-state index is 12.1. The quantitative estimate of drug-likeness (QED) is 0.833. The number of ether oxygens (including phenoxy) is 1. The summed E-state index contributed by atoms with van der Waals surface area (Å²) in [6.07, 6.45) is 1.60. The van der Waals surface area contributed by atoms with E-state index >= 15 is 0 Å². The van der Waals surface area contributed by atoms with Crippen LogP contribution in [0, 0.1) is 0 Å². The van der Waals surface area contributed by atoms with E-state index in [1.165, 1.54) is 5.56 Å². The second-order valence-electron chi connectivity index (χ2n) is 5.31. The molecule has 1 aromatic rings. The third-order valence-electron chi connectivity index (χ3n) is 4.10. The van der Waals surface area contributed by atoms with E-state index in [1.807, 2.05) is 20.0 Å². The van der Waals surface area contributed by atoms with Crippen molar-refractivity contribution in [2.45, 2.75) is 31.8 Å². The van der Waals surface area contributed by atoms with E-state index in [4.69, 9.17) is 4.74 Å². The fraction of sp³-hybridized carbons (Fsp3) is 0.562. The molecule has 1 aliphatic rings. The van der Waals surface area contributed by atoms with Crippen LogP contribution in [-0.4, -0.2) is 43.2 Å². The first-order chi connectivity index (χ1) is 9.70. The van der Waals surface area contributed by atoms with E-state index in [1.54, 1.807) is 0 Å². The molecule has 0 spiro atoms.